The molecule has 3 rings (SSSR count). The van der Waals surface area contributed by atoms with E-state index in [1.807, 2.05) is 0 Å². The summed E-state index contributed by atoms with van der Waals surface area (Å²) >= 11 is 0. The Morgan fingerprint density at radius 2 is 1.73 bits per heavy atom. The van der Waals surface area contributed by atoms with Crippen molar-refractivity contribution in [2.75, 3.05) is 6.54 Å². The Morgan fingerprint density at radius 3 is 2.31 bits per heavy atom. The van der Waals surface area contributed by atoms with Crippen molar-refractivity contribution in [3.8, 4) is 0 Å². The van der Waals surface area contributed by atoms with Crippen molar-refractivity contribution in [2.24, 2.45) is 5.41 Å². The van der Waals surface area contributed by atoms with E-state index in [-0.39, 0.29) is 31.1 Å². The molecule has 2 aromatic rings. The number of imide groups is 1. The molecule has 26 heavy (non-hydrogen) atoms. The van der Waals surface area contributed by atoms with Gasteiger partial charge >= 0.3 is 5.97 Å². The number of esters is 1. The zero-order valence-corrected chi connectivity index (χ0v) is 15.1. The molecule has 1 aliphatic rings. The van der Waals surface area contributed by atoms with Gasteiger partial charge in [0, 0.05) is 19.2 Å². The van der Waals surface area contributed by atoms with Gasteiger partial charge in [-0.15, -0.1) is 0 Å². The highest BCUT2D eigenvalue weighted by atomic mass is 16.5. The summed E-state index contributed by atoms with van der Waals surface area (Å²) in [5.41, 5.74) is 1.04. The van der Waals surface area contributed by atoms with Crippen molar-refractivity contribution in [1.82, 2.24) is 14.5 Å². The Morgan fingerprint density at radius 1 is 1.12 bits per heavy atom. The summed E-state index contributed by atoms with van der Waals surface area (Å²) in [6.45, 7) is 5.70. The summed E-state index contributed by atoms with van der Waals surface area (Å²) in [5, 5.41) is 0. The highest BCUT2D eigenvalue weighted by Gasteiger charge is 2.34. The van der Waals surface area contributed by atoms with E-state index in [0.29, 0.717) is 23.2 Å². The van der Waals surface area contributed by atoms with Gasteiger partial charge in [-0.25, -0.2) is 4.98 Å². The molecule has 1 aliphatic heterocycles. The number of carbonyl (C=O) groups excluding carboxylic acids is 3. The predicted octanol–water partition coefficient (Wildman–Crippen LogP) is 2.27. The molecule has 0 radical (unpaired) electrons. The van der Waals surface area contributed by atoms with Crippen molar-refractivity contribution in [3.63, 3.8) is 0 Å². The van der Waals surface area contributed by atoms with Crippen molar-refractivity contribution < 1.29 is 19.1 Å². The van der Waals surface area contributed by atoms with E-state index in [9.17, 15) is 14.4 Å². The highest BCUT2D eigenvalue weighted by molar-refractivity contribution is 6.21. The van der Waals surface area contributed by atoms with E-state index in [0.717, 1.165) is 0 Å². The van der Waals surface area contributed by atoms with Crippen molar-refractivity contribution >= 4 is 17.8 Å². The van der Waals surface area contributed by atoms with Crippen LogP contribution in [0, 0.1) is 5.41 Å². The van der Waals surface area contributed by atoms with E-state index < -0.39 is 5.41 Å². The van der Waals surface area contributed by atoms with Crippen LogP contribution in [0.2, 0.25) is 0 Å². The third kappa shape index (κ3) is 3.51. The Bertz CT molecular complexity index is 829. The van der Waals surface area contributed by atoms with Gasteiger partial charge in [-0.1, -0.05) is 12.1 Å². The molecular formula is C19H21N3O4. The molecule has 136 valence electrons. The maximum absolute atomic E-state index is 12.3. The normalized spacial score (nSPS) is 13.9. The number of hydrogen-bond donors (Lipinski definition) is 0. The number of hydrogen-bond acceptors (Lipinski definition) is 5. The maximum atomic E-state index is 12.3. The number of aromatic nitrogens is 2. The summed E-state index contributed by atoms with van der Waals surface area (Å²) in [7, 11) is 0. The summed E-state index contributed by atoms with van der Waals surface area (Å²) in [4.78, 5) is 41.9. The fourth-order valence-electron chi connectivity index (χ4n) is 2.62. The van der Waals surface area contributed by atoms with E-state index in [1.165, 1.54) is 4.90 Å². The number of amides is 2. The third-order valence-electron chi connectivity index (χ3n) is 4.11. The topological polar surface area (TPSA) is 81.5 Å². The van der Waals surface area contributed by atoms with E-state index in [1.54, 1.807) is 62.1 Å². The van der Waals surface area contributed by atoms with Crippen LogP contribution >= 0.6 is 0 Å². The van der Waals surface area contributed by atoms with E-state index in [2.05, 4.69) is 4.98 Å². The molecule has 0 atom stereocenters. The molecule has 0 unspecified atom stereocenters. The van der Waals surface area contributed by atoms with Crippen molar-refractivity contribution in [1.29, 1.82) is 0 Å². The van der Waals surface area contributed by atoms with Crippen LogP contribution in [0.4, 0.5) is 0 Å². The van der Waals surface area contributed by atoms with Crippen LogP contribution in [-0.2, 0) is 22.7 Å². The number of ether oxygens (including phenoxy) is 1. The summed E-state index contributed by atoms with van der Waals surface area (Å²) < 4.78 is 6.88. The molecule has 0 fully saturated rings. The first-order valence-electron chi connectivity index (χ1n) is 8.40. The van der Waals surface area contributed by atoms with Crippen LogP contribution in [0.15, 0.2) is 36.8 Å². The fraction of sp³-hybridized carbons (Fsp3) is 0.368. The van der Waals surface area contributed by atoms with Crippen molar-refractivity contribution in [2.45, 2.75) is 33.9 Å². The second kappa shape index (κ2) is 6.74. The second-order valence-corrected chi connectivity index (χ2v) is 7.25. The standard InChI is InChI=1S/C19H21N3O4/c1-19(2,3)18(25)26-12-21-10-13(20-11-21)8-9-22-16(23)14-6-4-5-7-15(14)17(22)24/h4-7,10-11H,8-9,12H2,1-3H3. The van der Waals surface area contributed by atoms with Gasteiger partial charge in [0.2, 0.25) is 0 Å². The minimum absolute atomic E-state index is 0.0795. The van der Waals surface area contributed by atoms with Gasteiger partial charge in [0.25, 0.3) is 11.8 Å². The number of nitrogens with zero attached hydrogens (tertiary/aromatic N) is 3. The number of carbonyl (C=O) groups is 3. The average molecular weight is 355 g/mol. The Hall–Kier alpha value is -2.96. The zero-order valence-electron chi connectivity index (χ0n) is 15.1. The minimum atomic E-state index is -0.561. The molecule has 0 spiro atoms. The molecule has 0 aliphatic carbocycles. The first-order valence-corrected chi connectivity index (χ1v) is 8.40. The number of imidazole rings is 1. The largest absolute Gasteiger partial charge is 0.443 e. The zero-order chi connectivity index (χ0) is 18.9. The molecule has 2 amide bonds. The number of benzene rings is 1. The smallest absolute Gasteiger partial charge is 0.312 e. The average Bonchev–Trinajstić information content (AvgIpc) is 3.14. The molecule has 0 bridgehead atoms. The monoisotopic (exact) mass is 355 g/mol. The van der Waals surface area contributed by atoms with Crippen LogP contribution in [0.5, 0.6) is 0 Å². The van der Waals surface area contributed by atoms with E-state index in [4.69, 9.17) is 4.74 Å². The predicted molar refractivity (Wildman–Crippen MR) is 93.3 cm³/mol. The first-order chi connectivity index (χ1) is 12.3. The van der Waals surface area contributed by atoms with E-state index >= 15 is 0 Å². The van der Waals surface area contributed by atoms with Gasteiger partial charge in [-0.3, -0.25) is 19.3 Å². The molecule has 1 aromatic carbocycles. The van der Waals surface area contributed by atoms with Gasteiger partial charge in [-0.05, 0) is 32.9 Å². The number of rotatable bonds is 5. The number of fused-ring (bicyclic) bond motifs is 1. The maximum Gasteiger partial charge on any atom is 0.312 e. The summed E-state index contributed by atoms with van der Waals surface area (Å²) in [6, 6.07) is 6.81. The lowest BCUT2D eigenvalue weighted by Crippen LogP contribution is -2.31. The van der Waals surface area contributed by atoms with Gasteiger partial charge < -0.3 is 9.30 Å². The third-order valence-corrected chi connectivity index (χ3v) is 4.11. The summed E-state index contributed by atoms with van der Waals surface area (Å²) in [5.74, 6) is -0.841. The molecule has 7 heteroatoms. The molecular weight excluding hydrogens is 334 g/mol. The molecule has 0 N–H and O–H groups in total. The fourth-order valence-corrected chi connectivity index (χ4v) is 2.62. The Kier molecular flexibility index (Phi) is 4.63. The quantitative estimate of drug-likeness (QED) is 0.607. The molecule has 2 heterocycles. The highest BCUT2D eigenvalue weighted by Crippen LogP contribution is 2.22. The lowest BCUT2D eigenvalue weighted by atomic mass is 9.98. The molecule has 1 aromatic heterocycles. The lowest BCUT2D eigenvalue weighted by Gasteiger charge is -2.16. The van der Waals surface area contributed by atoms with Crippen LogP contribution in [0.3, 0.4) is 0 Å². The lowest BCUT2D eigenvalue weighted by molar-refractivity contribution is -0.156. The first kappa shape index (κ1) is 17.8. The Labute approximate surface area is 151 Å². The molecule has 0 saturated carbocycles. The minimum Gasteiger partial charge on any atom is -0.443 e. The second-order valence-electron chi connectivity index (χ2n) is 7.25. The van der Waals surface area contributed by atoms with Crippen LogP contribution in [0.1, 0.15) is 47.2 Å². The SMILES string of the molecule is CC(C)(C)C(=O)OCn1cnc(CCN2C(=O)c3ccccc3C2=O)c1. The Balaban J connectivity index is 1.57. The van der Waals surface area contributed by atoms with Gasteiger partial charge in [-0.2, -0.15) is 0 Å². The molecule has 7 nitrogen and oxygen atoms in total. The molecule has 0 saturated heterocycles. The van der Waals surface area contributed by atoms with Gasteiger partial charge in [0.1, 0.15) is 0 Å². The van der Waals surface area contributed by atoms with Crippen LogP contribution < -0.4 is 0 Å². The van der Waals surface area contributed by atoms with Crippen LogP contribution in [-0.4, -0.2) is 38.8 Å². The van der Waals surface area contributed by atoms with Gasteiger partial charge in [0.05, 0.1) is 28.6 Å². The summed E-state index contributed by atoms with van der Waals surface area (Å²) in [6.07, 6.45) is 3.74. The van der Waals surface area contributed by atoms with Gasteiger partial charge in [0.15, 0.2) is 6.73 Å². The van der Waals surface area contributed by atoms with Crippen molar-refractivity contribution in [3.05, 3.63) is 53.6 Å². The van der Waals surface area contributed by atoms with Crippen LogP contribution in [0.25, 0.3) is 0 Å².